The normalized spacial score (nSPS) is 9.00. The van der Waals surface area contributed by atoms with Crippen LogP contribution in [0.15, 0.2) is 36.9 Å². The molecule has 0 saturated carbocycles. The molecule has 12 heavy (non-hydrogen) atoms. The minimum absolute atomic E-state index is 0. The van der Waals surface area contributed by atoms with Gasteiger partial charge in [-0.3, -0.25) is 4.79 Å². The fraction of sp³-hybridized carbons (Fsp3) is 0. The number of hydrogen-bond acceptors (Lipinski definition) is 2. The Balaban J connectivity index is 0.00000144. The number of hydrogen-bond donors (Lipinski definition) is 2. The Kier molecular flexibility index (Phi) is 2.48. The largest absolute Gasteiger partial charge is 0.397 e. The second-order valence-corrected chi connectivity index (χ2v) is 2.28. The second-order valence-electron chi connectivity index (χ2n) is 2.28. The van der Waals surface area contributed by atoms with Crippen LogP contribution in [-0.2, 0) is 4.79 Å². The Morgan fingerprint density at radius 1 is 1.58 bits per heavy atom. The SMILES string of the molecule is C=CC(=O)Nc1ccccc1N.[HH]. The highest BCUT2D eigenvalue weighted by molar-refractivity contribution is 6.00. The molecule has 0 aromatic heterocycles. The van der Waals surface area contributed by atoms with Crippen molar-refractivity contribution in [3.63, 3.8) is 0 Å². The molecule has 0 atom stereocenters. The highest BCUT2D eigenvalue weighted by Gasteiger charge is 1.98. The number of nitrogens with one attached hydrogen (secondary N) is 1. The van der Waals surface area contributed by atoms with E-state index in [1.54, 1.807) is 24.3 Å². The maximum absolute atomic E-state index is 10.8. The number of carbonyl (C=O) groups is 1. The van der Waals surface area contributed by atoms with E-state index in [9.17, 15) is 4.79 Å². The van der Waals surface area contributed by atoms with Crippen LogP contribution in [0.5, 0.6) is 0 Å². The van der Waals surface area contributed by atoms with Crippen LogP contribution in [0.3, 0.4) is 0 Å². The van der Waals surface area contributed by atoms with Gasteiger partial charge in [-0.05, 0) is 18.2 Å². The van der Waals surface area contributed by atoms with Crippen molar-refractivity contribution in [2.75, 3.05) is 11.1 Å². The van der Waals surface area contributed by atoms with Crippen LogP contribution in [0.25, 0.3) is 0 Å². The van der Waals surface area contributed by atoms with E-state index in [-0.39, 0.29) is 7.33 Å². The van der Waals surface area contributed by atoms with Crippen LogP contribution in [0.2, 0.25) is 0 Å². The Morgan fingerprint density at radius 2 is 2.25 bits per heavy atom. The summed E-state index contributed by atoms with van der Waals surface area (Å²) in [6.45, 7) is 3.33. The van der Waals surface area contributed by atoms with Gasteiger partial charge in [-0.2, -0.15) is 0 Å². The second kappa shape index (κ2) is 3.57. The van der Waals surface area contributed by atoms with Crippen LogP contribution in [0.4, 0.5) is 11.4 Å². The van der Waals surface area contributed by atoms with E-state index >= 15 is 0 Å². The van der Waals surface area contributed by atoms with Crippen molar-refractivity contribution in [2.24, 2.45) is 0 Å². The molecule has 3 nitrogen and oxygen atoms in total. The van der Waals surface area contributed by atoms with Crippen LogP contribution >= 0.6 is 0 Å². The van der Waals surface area contributed by atoms with Gasteiger partial charge in [0.25, 0.3) is 0 Å². The predicted molar refractivity (Wildman–Crippen MR) is 51.8 cm³/mol. The topological polar surface area (TPSA) is 55.1 Å². The zero-order valence-electron chi connectivity index (χ0n) is 6.58. The van der Waals surface area contributed by atoms with Gasteiger partial charge in [-0.1, -0.05) is 18.7 Å². The minimum Gasteiger partial charge on any atom is -0.397 e. The first-order chi connectivity index (χ1) is 5.74. The van der Waals surface area contributed by atoms with Crippen molar-refractivity contribution >= 4 is 17.3 Å². The lowest BCUT2D eigenvalue weighted by Gasteiger charge is -2.04. The fourth-order valence-electron chi connectivity index (χ4n) is 0.795. The number of nitrogens with two attached hydrogens (primary N) is 1. The number of rotatable bonds is 2. The van der Waals surface area contributed by atoms with Crippen molar-refractivity contribution in [1.82, 2.24) is 0 Å². The Hall–Kier alpha value is -1.77. The molecule has 0 spiro atoms. The van der Waals surface area contributed by atoms with Gasteiger partial charge in [0, 0.05) is 1.43 Å². The van der Waals surface area contributed by atoms with Crippen molar-refractivity contribution < 1.29 is 6.22 Å². The van der Waals surface area contributed by atoms with E-state index < -0.39 is 0 Å². The molecule has 0 aliphatic rings. The van der Waals surface area contributed by atoms with E-state index in [1.807, 2.05) is 0 Å². The highest BCUT2D eigenvalue weighted by atomic mass is 16.1. The van der Waals surface area contributed by atoms with Gasteiger partial charge in [0.2, 0.25) is 5.91 Å². The monoisotopic (exact) mass is 164 g/mol. The molecule has 1 aromatic carbocycles. The van der Waals surface area contributed by atoms with Crippen LogP contribution in [0.1, 0.15) is 1.43 Å². The number of para-hydroxylation sites is 2. The molecule has 0 aliphatic heterocycles. The van der Waals surface area contributed by atoms with Gasteiger partial charge in [0.15, 0.2) is 0 Å². The maximum Gasteiger partial charge on any atom is 0.247 e. The van der Waals surface area contributed by atoms with E-state index in [0.717, 1.165) is 0 Å². The summed E-state index contributed by atoms with van der Waals surface area (Å²) in [7, 11) is 0. The molecule has 1 aromatic rings. The maximum atomic E-state index is 10.8. The molecule has 1 rings (SSSR count). The van der Waals surface area contributed by atoms with Gasteiger partial charge < -0.3 is 11.1 Å². The molecule has 64 valence electrons. The van der Waals surface area contributed by atoms with Crippen molar-refractivity contribution in [3.05, 3.63) is 36.9 Å². The summed E-state index contributed by atoms with van der Waals surface area (Å²) in [5.41, 5.74) is 6.74. The summed E-state index contributed by atoms with van der Waals surface area (Å²) in [5, 5.41) is 2.58. The van der Waals surface area contributed by atoms with Crippen molar-refractivity contribution in [2.45, 2.75) is 0 Å². The van der Waals surface area contributed by atoms with Gasteiger partial charge in [-0.25, -0.2) is 0 Å². The summed E-state index contributed by atoms with van der Waals surface area (Å²) in [6, 6.07) is 7.06. The van der Waals surface area contributed by atoms with Crippen molar-refractivity contribution in [3.8, 4) is 0 Å². The van der Waals surface area contributed by atoms with Gasteiger partial charge in [0.05, 0.1) is 11.4 Å². The van der Waals surface area contributed by atoms with E-state index in [0.29, 0.717) is 11.4 Å². The van der Waals surface area contributed by atoms with E-state index in [1.165, 1.54) is 6.08 Å². The quantitative estimate of drug-likeness (QED) is 0.515. The summed E-state index contributed by atoms with van der Waals surface area (Å²) >= 11 is 0. The Labute approximate surface area is 72.4 Å². The highest BCUT2D eigenvalue weighted by Crippen LogP contribution is 2.16. The number of anilines is 2. The van der Waals surface area contributed by atoms with Gasteiger partial charge in [0.1, 0.15) is 0 Å². The number of amides is 1. The molecule has 0 radical (unpaired) electrons. The predicted octanol–water partition coefficient (Wildman–Crippen LogP) is 1.64. The molecule has 0 fully saturated rings. The fourth-order valence-corrected chi connectivity index (χ4v) is 0.795. The molecule has 0 bridgehead atoms. The van der Waals surface area contributed by atoms with Gasteiger partial charge >= 0.3 is 0 Å². The Bertz CT molecular complexity index is 312. The lowest BCUT2D eigenvalue weighted by Crippen LogP contribution is -2.08. The molecule has 3 heteroatoms. The molecular weight excluding hydrogens is 152 g/mol. The third-order valence-electron chi connectivity index (χ3n) is 1.40. The third-order valence-corrected chi connectivity index (χ3v) is 1.40. The summed E-state index contributed by atoms with van der Waals surface area (Å²) < 4.78 is 0. The van der Waals surface area contributed by atoms with Crippen molar-refractivity contribution in [1.29, 1.82) is 0 Å². The molecule has 0 aliphatic carbocycles. The van der Waals surface area contributed by atoms with Crippen LogP contribution in [0, 0.1) is 0 Å². The smallest absolute Gasteiger partial charge is 0.247 e. The number of nitrogen functional groups attached to an aromatic ring is 1. The first-order valence-corrected chi connectivity index (χ1v) is 3.52. The third kappa shape index (κ3) is 1.85. The molecule has 0 heterocycles. The van der Waals surface area contributed by atoms with Crippen LogP contribution < -0.4 is 11.1 Å². The first kappa shape index (κ1) is 8.33. The summed E-state index contributed by atoms with van der Waals surface area (Å²) in [5.74, 6) is -0.257. The van der Waals surface area contributed by atoms with E-state index in [4.69, 9.17) is 5.73 Å². The zero-order chi connectivity index (χ0) is 8.97. The molecule has 1 amide bonds. The number of benzene rings is 1. The molecule has 3 N–H and O–H groups in total. The minimum atomic E-state index is -0.257. The summed E-state index contributed by atoms with van der Waals surface area (Å²) in [4.78, 5) is 10.8. The van der Waals surface area contributed by atoms with Crippen LogP contribution in [-0.4, -0.2) is 5.91 Å². The Morgan fingerprint density at radius 3 is 2.83 bits per heavy atom. The molecule has 0 saturated heterocycles. The average molecular weight is 164 g/mol. The lowest BCUT2D eigenvalue weighted by atomic mass is 10.2. The zero-order valence-corrected chi connectivity index (χ0v) is 6.58. The average Bonchev–Trinajstić information content (AvgIpc) is 2.09. The standard InChI is InChI=1S/C9H10N2O.H2/c1-2-9(12)11-8-6-4-3-5-7(8)10;/h2-6H,1,10H2,(H,11,12);1H. The lowest BCUT2D eigenvalue weighted by molar-refractivity contribution is -0.111. The number of carbonyl (C=O) groups excluding carboxylic acids is 1. The molecule has 0 unspecified atom stereocenters. The van der Waals surface area contributed by atoms with Gasteiger partial charge in [-0.15, -0.1) is 0 Å². The molecular formula is C9H12N2O. The first-order valence-electron chi connectivity index (χ1n) is 3.52. The summed E-state index contributed by atoms with van der Waals surface area (Å²) in [6.07, 6.45) is 1.20. The van der Waals surface area contributed by atoms with E-state index in [2.05, 4.69) is 11.9 Å².